The first kappa shape index (κ1) is 20.3. The maximum Gasteiger partial charge on any atom is 0.312 e. The molecule has 0 aliphatic carbocycles. The Labute approximate surface area is 189 Å². The molecule has 0 aliphatic heterocycles. The zero-order valence-corrected chi connectivity index (χ0v) is 17.8. The van der Waals surface area contributed by atoms with Crippen molar-refractivity contribution in [2.45, 2.75) is 0 Å². The number of para-hydroxylation sites is 2. The van der Waals surface area contributed by atoms with E-state index in [9.17, 15) is 9.59 Å². The number of Topliss-reactive ketones (excluding diaryl/α,β-unsaturated/α-hetero) is 1. The summed E-state index contributed by atoms with van der Waals surface area (Å²) < 4.78 is 5.25. The summed E-state index contributed by atoms with van der Waals surface area (Å²) in [6.45, 7) is 0. The van der Waals surface area contributed by atoms with Gasteiger partial charge in [-0.2, -0.15) is 5.10 Å². The van der Waals surface area contributed by atoms with Crippen molar-refractivity contribution in [2.24, 2.45) is 5.10 Å². The Hall–Kier alpha value is -4.65. The number of nitrogens with one attached hydrogen (secondary N) is 3. The Balaban J connectivity index is 1.43. The molecule has 0 saturated heterocycles. The number of hydrogen-bond acceptors (Lipinski definition) is 4. The monoisotopic (exact) mass is 436 g/mol. The van der Waals surface area contributed by atoms with Crippen LogP contribution in [0.15, 0.2) is 84.1 Å². The normalized spacial score (nSPS) is 11.3. The fraction of sp³-hybridized carbons (Fsp3) is 0.0385. The third-order valence-electron chi connectivity index (χ3n) is 5.52. The van der Waals surface area contributed by atoms with Crippen molar-refractivity contribution in [1.82, 2.24) is 15.4 Å². The summed E-state index contributed by atoms with van der Waals surface area (Å²) in [5.74, 6) is -0.700. The predicted octanol–water partition coefficient (Wildman–Crippen LogP) is 4.66. The summed E-state index contributed by atoms with van der Waals surface area (Å²) in [5, 5.41) is 5.74. The van der Waals surface area contributed by atoms with Gasteiger partial charge in [-0.25, -0.2) is 5.43 Å². The number of ether oxygens (including phenoxy) is 1. The highest BCUT2D eigenvalue weighted by Crippen LogP contribution is 2.30. The van der Waals surface area contributed by atoms with Crippen molar-refractivity contribution >= 4 is 39.7 Å². The smallest absolute Gasteiger partial charge is 0.312 e. The SMILES string of the molecule is COc1ccc(-c2[nH]c3ccccc3c2/C=N/NC(=O)C(=O)c2c[nH]c3ccccc23)cc1. The van der Waals surface area contributed by atoms with Gasteiger partial charge in [0, 0.05) is 33.6 Å². The van der Waals surface area contributed by atoms with E-state index in [1.807, 2.05) is 66.7 Å². The van der Waals surface area contributed by atoms with Crippen LogP contribution in [0.5, 0.6) is 5.75 Å². The van der Waals surface area contributed by atoms with Crippen LogP contribution in [0.3, 0.4) is 0 Å². The molecule has 0 saturated carbocycles. The van der Waals surface area contributed by atoms with Crippen LogP contribution >= 0.6 is 0 Å². The van der Waals surface area contributed by atoms with E-state index >= 15 is 0 Å². The molecule has 33 heavy (non-hydrogen) atoms. The van der Waals surface area contributed by atoms with Crippen LogP contribution in [0.2, 0.25) is 0 Å². The second-order valence-electron chi connectivity index (χ2n) is 7.46. The van der Waals surface area contributed by atoms with Crippen molar-refractivity contribution in [1.29, 1.82) is 0 Å². The number of hydrazone groups is 1. The fourth-order valence-corrected chi connectivity index (χ4v) is 3.87. The maximum absolute atomic E-state index is 12.6. The molecule has 5 rings (SSSR count). The minimum atomic E-state index is -0.804. The molecule has 0 radical (unpaired) electrons. The number of ketones is 1. The molecule has 0 spiro atoms. The molecule has 3 aromatic carbocycles. The number of nitrogens with zero attached hydrogens (tertiary/aromatic N) is 1. The molecule has 2 aromatic heterocycles. The van der Waals surface area contributed by atoms with Crippen LogP contribution in [0.4, 0.5) is 0 Å². The van der Waals surface area contributed by atoms with Gasteiger partial charge in [-0.3, -0.25) is 9.59 Å². The van der Waals surface area contributed by atoms with Gasteiger partial charge < -0.3 is 14.7 Å². The summed E-state index contributed by atoms with van der Waals surface area (Å²) in [6, 6.07) is 22.8. The fourth-order valence-electron chi connectivity index (χ4n) is 3.87. The largest absolute Gasteiger partial charge is 0.497 e. The number of carbonyl (C=O) groups is 2. The van der Waals surface area contributed by atoms with Gasteiger partial charge in [0.1, 0.15) is 5.75 Å². The number of aromatic amines is 2. The first-order chi connectivity index (χ1) is 16.2. The van der Waals surface area contributed by atoms with Crippen molar-refractivity contribution in [3.63, 3.8) is 0 Å². The van der Waals surface area contributed by atoms with Crippen LogP contribution in [-0.4, -0.2) is 35.0 Å². The van der Waals surface area contributed by atoms with E-state index < -0.39 is 11.7 Å². The molecule has 0 bridgehead atoms. The number of benzene rings is 3. The van der Waals surface area contributed by atoms with Crippen molar-refractivity contribution < 1.29 is 14.3 Å². The number of fused-ring (bicyclic) bond motifs is 2. The van der Waals surface area contributed by atoms with E-state index in [0.717, 1.165) is 39.0 Å². The van der Waals surface area contributed by atoms with Crippen LogP contribution in [0, 0.1) is 0 Å². The highest BCUT2D eigenvalue weighted by atomic mass is 16.5. The van der Waals surface area contributed by atoms with E-state index in [2.05, 4.69) is 20.5 Å². The topological polar surface area (TPSA) is 99.3 Å². The number of H-pyrrole nitrogens is 2. The number of rotatable bonds is 6. The van der Waals surface area contributed by atoms with Gasteiger partial charge in [-0.05, 0) is 42.0 Å². The molecule has 3 N–H and O–H groups in total. The zero-order chi connectivity index (χ0) is 22.8. The van der Waals surface area contributed by atoms with Gasteiger partial charge in [0.15, 0.2) is 0 Å². The minimum absolute atomic E-state index is 0.310. The van der Waals surface area contributed by atoms with E-state index in [-0.39, 0.29) is 0 Å². The molecule has 0 aliphatic rings. The Morgan fingerprint density at radius 1 is 0.909 bits per heavy atom. The lowest BCUT2D eigenvalue weighted by Gasteiger charge is -2.04. The second kappa shape index (κ2) is 8.47. The first-order valence-corrected chi connectivity index (χ1v) is 10.3. The Bertz CT molecular complexity index is 1510. The summed E-state index contributed by atoms with van der Waals surface area (Å²) >= 11 is 0. The Morgan fingerprint density at radius 3 is 2.36 bits per heavy atom. The lowest BCUT2D eigenvalue weighted by Crippen LogP contribution is -2.27. The summed E-state index contributed by atoms with van der Waals surface area (Å²) in [5.41, 5.74) is 6.99. The number of amides is 1. The molecule has 0 fully saturated rings. The number of aromatic nitrogens is 2. The van der Waals surface area contributed by atoms with E-state index in [0.29, 0.717) is 10.9 Å². The quantitative estimate of drug-likeness (QED) is 0.156. The van der Waals surface area contributed by atoms with Crippen molar-refractivity contribution in [3.05, 3.63) is 90.1 Å². The second-order valence-corrected chi connectivity index (χ2v) is 7.46. The Morgan fingerprint density at radius 2 is 1.61 bits per heavy atom. The molecule has 5 aromatic rings. The predicted molar refractivity (Wildman–Crippen MR) is 129 cm³/mol. The summed E-state index contributed by atoms with van der Waals surface area (Å²) in [4.78, 5) is 31.6. The lowest BCUT2D eigenvalue weighted by molar-refractivity contribution is -0.116. The van der Waals surface area contributed by atoms with Gasteiger partial charge in [-0.15, -0.1) is 0 Å². The van der Waals surface area contributed by atoms with Gasteiger partial charge >= 0.3 is 5.91 Å². The van der Waals surface area contributed by atoms with E-state index in [1.54, 1.807) is 19.4 Å². The Kier molecular flexibility index (Phi) is 5.20. The molecule has 7 heteroatoms. The third kappa shape index (κ3) is 3.76. The molecular formula is C26H20N4O3. The number of hydrogen-bond donors (Lipinski definition) is 3. The van der Waals surface area contributed by atoms with E-state index in [4.69, 9.17) is 4.74 Å². The van der Waals surface area contributed by atoms with Gasteiger partial charge in [-0.1, -0.05) is 36.4 Å². The molecule has 0 atom stereocenters. The average Bonchev–Trinajstić information content (AvgIpc) is 3.45. The average molecular weight is 436 g/mol. The van der Waals surface area contributed by atoms with Gasteiger partial charge in [0.05, 0.1) is 24.6 Å². The highest BCUT2D eigenvalue weighted by molar-refractivity contribution is 6.44. The maximum atomic E-state index is 12.6. The van der Waals surface area contributed by atoms with Crippen LogP contribution in [-0.2, 0) is 4.79 Å². The van der Waals surface area contributed by atoms with E-state index in [1.165, 1.54) is 6.20 Å². The van der Waals surface area contributed by atoms with Gasteiger partial charge in [0.2, 0.25) is 0 Å². The van der Waals surface area contributed by atoms with Crippen LogP contribution in [0.1, 0.15) is 15.9 Å². The van der Waals surface area contributed by atoms with Crippen molar-refractivity contribution in [2.75, 3.05) is 7.11 Å². The molecule has 2 heterocycles. The molecule has 7 nitrogen and oxygen atoms in total. The first-order valence-electron chi connectivity index (χ1n) is 10.3. The standard InChI is InChI=1S/C26H20N4O3/c1-33-17-12-10-16(11-13-17)24-20(18-6-3-5-9-23(18)29-24)15-28-30-26(32)25(31)21-14-27-22-8-4-2-7-19(21)22/h2-15,27,29H,1H3,(H,30,32)/b28-15+. The number of methoxy groups -OCH3 is 1. The molecule has 1 amide bonds. The molecule has 162 valence electrons. The van der Waals surface area contributed by atoms with Crippen LogP contribution < -0.4 is 10.2 Å². The van der Waals surface area contributed by atoms with Gasteiger partial charge in [0.25, 0.3) is 5.78 Å². The minimum Gasteiger partial charge on any atom is -0.497 e. The third-order valence-corrected chi connectivity index (χ3v) is 5.52. The molecule has 0 unspecified atom stereocenters. The summed E-state index contributed by atoms with van der Waals surface area (Å²) in [7, 11) is 1.62. The lowest BCUT2D eigenvalue weighted by atomic mass is 10.1. The van der Waals surface area contributed by atoms with Crippen LogP contribution in [0.25, 0.3) is 33.1 Å². The highest BCUT2D eigenvalue weighted by Gasteiger charge is 2.19. The van der Waals surface area contributed by atoms with Crippen molar-refractivity contribution in [3.8, 4) is 17.0 Å². The summed E-state index contributed by atoms with van der Waals surface area (Å²) in [6.07, 6.45) is 3.09. The number of carbonyl (C=O) groups excluding carboxylic acids is 2. The zero-order valence-electron chi connectivity index (χ0n) is 17.8. The molecular weight excluding hydrogens is 416 g/mol.